The zero-order valence-electron chi connectivity index (χ0n) is 17.4. The fourth-order valence-electron chi connectivity index (χ4n) is 3.45. The Bertz CT molecular complexity index is 1060. The third-order valence-corrected chi connectivity index (χ3v) is 5.97. The molecule has 2 aromatic rings. The Balaban J connectivity index is 1.39. The van der Waals surface area contributed by atoms with Crippen LogP contribution in [-0.4, -0.2) is 54.8 Å². The van der Waals surface area contributed by atoms with Gasteiger partial charge in [0.25, 0.3) is 11.1 Å². The van der Waals surface area contributed by atoms with Crippen molar-refractivity contribution in [3.8, 4) is 0 Å². The summed E-state index contributed by atoms with van der Waals surface area (Å²) in [6, 6.07) is 17.1. The molecule has 2 aromatic carbocycles. The Morgan fingerprint density at radius 2 is 1.75 bits per heavy atom. The molecule has 2 fully saturated rings. The summed E-state index contributed by atoms with van der Waals surface area (Å²) in [4.78, 5) is 41.0. The molecular weight excluding hydrogens is 426 g/mol. The predicted octanol–water partition coefficient (Wildman–Crippen LogP) is 3.75. The number of imide groups is 1. The van der Waals surface area contributed by atoms with E-state index in [2.05, 4.69) is 10.2 Å². The van der Waals surface area contributed by atoms with E-state index in [-0.39, 0.29) is 6.54 Å². The van der Waals surface area contributed by atoms with Crippen molar-refractivity contribution in [1.82, 2.24) is 4.90 Å². The standard InChI is InChI=1S/C24H23N3O4S/c28-22(25-19-10-4-5-11-20(19)26-13-15-31-16-14-26)17-27-23(29)21(32-24(27)30)12-6-9-18-7-2-1-3-8-18/h1-12H,13-17H2,(H,25,28)/b9-6+,21-12+. The number of nitrogens with zero attached hydrogens (tertiary/aromatic N) is 2. The quantitative estimate of drug-likeness (QED) is 0.677. The van der Waals surface area contributed by atoms with Gasteiger partial charge < -0.3 is 15.0 Å². The number of carbonyl (C=O) groups is 3. The molecule has 8 heteroatoms. The Kier molecular flexibility index (Phi) is 7.03. The van der Waals surface area contributed by atoms with E-state index in [0.717, 1.165) is 41.0 Å². The third kappa shape index (κ3) is 5.27. The number of hydrogen-bond donors (Lipinski definition) is 1. The topological polar surface area (TPSA) is 79.0 Å². The van der Waals surface area contributed by atoms with Gasteiger partial charge in [-0.3, -0.25) is 19.3 Å². The maximum absolute atomic E-state index is 12.7. The highest BCUT2D eigenvalue weighted by Crippen LogP contribution is 2.31. The van der Waals surface area contributed by atoms with Crippen LogP contribution in [0.2, 0.25) is 0 Å². The average Bonchev–Trinajstić information content (AvgIpc) is 3.08. The van der Waals surface area contributed by atoms with Crippen molar-refractivity contribution in [2.24, 2.45) is 0 Å². The molecule has 4 rings (SSSR count). The number of carbonyl (C=O) groups excluding carboxylic acids is 3. The molecule has 0 aromatic heterocycles. The number of ether oxygens (including phenoxy) is 1. The van der Waals surface area contributed by atoms with Crippen LogP contribution in [0.25, 0.3) is 6.08 Å². The van der Waals surface area contributed by atoms with E-state index in [4.69, 9.17) is 4.74 Å². The van der Waals surface area contributed by atoms with E-state index in [1.165, 1.54) is 0 Å². The highest BCUT2D eigenvalue weighted by molar-refractivity contribution is 8.18. The van der Waals surface area contributed by atoms with Gasteiger partial charge in [0.15, 0.2) is 0 Å². The molecular formula is C24H23N3O4S. The first kappa shape index (κ1) is 21.9. The maximum Gasteiger partial charge on any atom is 0.294 e. The summed E-state index contributed by atoms with van der Waals surface area (Å²) in [5, 5.41) is 2.39. The Labute approximate surface area is 190 Å². The van der Waals surface area contributed by atoms with Crippen molar-refractivity contribution in [1.29, 1.82) is 0 Å². The first-order valence-corrected chi connectivity index (χ1v) is 11.1. The second-order valence-electron chi connectivity index (χ2n) is 7.22. The zero-order valence-corrected chi connectivity index (χ0v) is 18.2. The molecule has 0 unspecified atom stereocenters. The average molecular weight is 450 g/mol. The second kappa shape index (κ2) is 10.3. The summed E-state index contributed by atoms with van der Waals surface area (Å²) >= 11 is 0.836. The van der Waals surface area contributed by atoms with E-state index >= 15 is 0 Å². The van der Waals surface area contributed by atoms with Crippen LogP contribution in [0.1, 0.15) is 5.56 Å². The molecule has 164 valence electrons. The lowest BCUT2D eigenvalue weighted by molar-refractivity contribution is -0.127. The van der Waals surface area contributed by atoms with Crippen LogP contribution in [0.5, 0.6) is 0 Å². The molecule has 3 amide bonds. The first-order chi connectivity index (χ1) is 15.6. The molecule has 0 saturated carbocycles. The largest absolute Gasteiger partial charge is 0.378 e. The third-order valence-electron chi connectivity index (χ3n) is 5.04. The number of para-hydroxylation sites is 2. The second-order valence-corrected chi connectivity index (χ2v) is 8.22. The van der Waals surface area contributed by atoms with Crippen LogP contribution in [0, 0.1) is 0 Å². The van der Waals surface area contributed by atoms with E-state index in [1.54, 1.807) is 12.2 Å². The van der Waals surface area contributed by atoms with E-state index in [9.17, 15) is 14.4 Å². The number of benzene rings is 2. The van der Waals surface area contributed by atoms with Gasteiger partial charge >= 0.3 is 0 Å². The zero-order chi connectivity index (χ0) is 22.3. The Hall–Kier alpha value is -3.36. The molecule has 2 aliphatic rings. The van der Waals surface area contributed by atoms with Gasteiger partial charge in [-0.1, -0.05) is 54.6 Å². The van der Waals surface area contributed by atoms with Crippen LogP contribution < -0.4 is 10.2 Å². The normalized spacial score (nSPS) is 18.1. The van der Waals surface area contributed by atoms with Crippen molar-refractivity contribution in [2.75, 3.05) is 43.1 Å². The van der Waals surface area contributed by atoms with Gasteiger partial charge in [0.2, 0.25) is 5.91 Å². The fraction of sp³-hybridized carbons (Fsp3) is 0.208. The minimum Gasteiger partial charge on any atom is -0.378 e. The lowest BCUT2D eigenvalue weighted by Gasteiger charge is -2.30. The smallest absolute Gasteiger partial charge is 0.294 e. The maximum atomic E-state index is 12.7. The number of amides is 3. The number of morpholine rings is 1. The van der Waals surface area contributed by atoms with Gasteiger partial charge in [-0.05, 0) is 35.5 Å². The number of nitrogens with one attached hydrogen (secondary N) is 1. The predicted molar refractivity (Wildman–Crippen MR) is 126 cm³/mol. The number of thioether (sulfide) groups is 1. The van der Waals surface area contributed by atoms with Crippen LogP contribution in [0.4, 0.5) is 16.2 Å². The molecule has 0 aliphatic carbocycles. The van der Waals surface area contributed by atoms with Crippen molar-refractivity contribution in [2.45, 2.75) is 0 Å². The molecule has 0 atom stereocenters. The molecule has 7 nitrogen and oxygen atoms in total. The lowest BCUT2D eigenvalue weighted by Crippen LogP contribution is -2.38. The van der Waals surface area contributed by atoms with Crippen molar-refractivity contribution < 1.29 is 19.1 Å². The minimum atomic E-state index is -0.464. The molecule has 1 N–H and O–H groups in total. The van der Waals surface area contributed by atoms with Crippen LogP contribution >= 0.6 is 11.8 Å². The van der Waals surface area contributed by atoms with Crippen molar-refractivity contribution in [3.05, 3.63) is 77.2 Å². The van der Waals surface area contributed by atoms with Gasteiger partial charge in [0.05, 0.1) is 29.5 Å². The van der Waals surface area contributed by atoms with E-state index in [0.29, 0.717) is 23.8 Å². The van der Waals surface area contributed by atoms with Gasteiger partial charge in [0.1, 0.15) is 6.54 Å². The van der Waals surface area contributed by atoms with E-state index < -0.39 is 17.1 Å². The Morgan fingerprint density at radius 1 is 1.03 bits per heavy atom. The van der Waals surface area contributed by atoms with Crippen LogP contribution in [-0.2, 0) is 14.3 Å². The van der Waals surface area contributed by atoms with Gasteiger partial charge in [-0.15, -0.1) is 0 Å². The Morgan fingerprint density at radius 3 is 2.53 bits per heavy atom. The SMILES string of the molecule is O=C(CN1C(=O)S/C(=C/C=C/c2ccccc2)C1=O)Nc1ccccc1N1CCOCC1. The monoisotopic (exact) mass is 449 g/mol. The highest BCUT2D eigenvalue weighted by Gasteiger charge is 2.36. The summed E-state index contributed by atoms with van der Waals surface area (Å²) < 4.78 is 5.39. The van der Waals surface area contributed by atoms with Gasteiger partial charge in [0, 0.05) is 13.1 Å². The summed E-state index contributed by atoms with van der Waals surface area (Å²) in [6.07, 6.45) is 5.18. The molecule has 2 heterocycles. The van der Waals surface area contributed by atoms with Crippen molar-refractivity contribution >= 4 is 46.3 Å². The number of allylic oxidation sites excluding steroid dienone is 2. The summed E-state index contributed by atoms with van der Waals surface area (Å²) in [6.45, 7) is 2.39. The molecule has 0 radical (unpaired) electrons. The van der Waals surface area contributed by atoms with Gasteiger partial charge in [-0.2, -0.15) is 0 Å². The highest BCUT2D eigenvalue weighted by atomic mass is 32.2. The number of hydrogen-bond acceptors (Lipinski definition) is 6. The molecule has 0 bridgehead atoms. The van der Waals surface area contributed by atoms with E-state index in [1.807, 2.05) is 60.7 Å². The first-order valence-electron chi connectivity index (χ1n) is 10.3. The van der Waals surface area contributed by atoms with Crippen LogP contribution in [0.3, 0.4) is 0 Å². The van der Waals surface area contributed by atoms with Gasteiger partial charge in [-0.25, -0.2) is 0 Å². The fourth-order valence-corrected chi connectivity index (χ4v) is 4.24. The number of rotatable bonds is 6. The molecule has 2 saturated heterocycles. The summed E-state index contributed by atoms with van der Waals surface area (Å²) in [7, 11) is 0. The van der Waals surface area contributed by atoms with Crippen LogP contribution in [0.15, 0.2) is 71.7 Å². The molecule has 0 spiro atoms. The summed E-state index contributed by atoms with van der Waals surface area (Å²) in [5.41, 5.74) is 2.53. The number of anilines is 2. The molecule has 32 heavy (non-hydrogen) atoms. The lowest BCUT2D eigenvalue weighted by atomic mass is 10.2. The van der Waals surface area contributed by atoms with Crippen molar-refractivity contribution in [3.63, 3.8) is 0 Å². The minimum absolute atomic E-state index is 0.295. The molecule has 2 aliphatic heterocycles. The summed E-state index contributed by atoms with van der Waals surface area (Å²) in [5.74, 6) is -0.886.